The third-order valence-electron chi connectivity index (χ3n) is 2.29. The second-order valence-corrected chi connectivity index (χ2v) is 5.03. The van der Waals surface area contributed by atoms with Crippen LogP contribution < -0.4 is 4.90 Å². The fraction of sp³-hybridized carbons (Fsp3) is 0.417. The number of nitrogens with zero attached hydrogens (tertiary/aromatic N) is 1. The summed E-state index contributed by atoms with van der Waals surface area (Å²) in [4.78, 5) is 13.0. The second-order valence-electron chi connectivity index (χ2n) is 3.87. The molecule has 0 bridgehead atoms. The van der Waals surface area contributed by atoms with Gasteiger partial charge in [-0.2, -0.15) is 0 Å². The van der Waals surface area contributed by atoms with Crippen LogP contribution in [-0.2, 0) is 11.2 Å². The standard InChI is InChI=1S/C12H16INO/c1-9(15)4-5-10-8-11(14(2)3)6-7-12(10)13/h6-8H,4-5H2,1-3H3. The topological polar surface area (TPSA) is 20.3 Å². The summed E-state index contributed by atoms with van der Waals surface area (Å²) < 4.78 is 1.24. The first-order valence-corrected chi connectivity index (χ1v) is 6.04. The molecule has 0 aliphatic heterocycles. The maximum Gasteiger partial charge on any atom is 0.130 e. The Morgan fingerprint density at radius 2 is 2.07 bits per heavy atom. The van der Waals surface area contributed by atoms with Crippen molar-refractivity contribution in [2.45, 2.75) is 19.8 Å². The first-order valence-electron chi connectivity index (χ1n) is 4.96. The summed E-state index contributed by atoms with van der Waals surface area (Å²) in [5, 5.41) is 0. The highest BCUT2D eigenvalue weighted by Crippen LogP contribution is 2.20. The van der Waals surface area contributed by atoms with Gasteiger partial charge in [-0.1, -0.05) is 0 Å². The molecule has 2 nitrogen and oxygen atoms in total. The van der Waals surface area contributed by atoms with Crippen LogP contribution in [0.1, 0.15) is 18.9 Å². The van der Waals surface area contributed by atoms with Gasteiger partial charge in [-0.3, -0.25) is 0 Å². The maximum atomic E-state index is 10.9. The summed E-state index contributed by atoms with van der Waals surface area (Å²) in [6, 6.07) is 6.36. The molecule has 15 heavy (non-hydrogen) atoms. The van der Waals surface area contributed by atoms with Crippen molar-refractivity contribution >= 4 is 34.1 Å². The number of anilines is 1. The predicted molar refractivity (Wildman–Crippen MR) is 72.5 cm³/mol. The molecule has 0 aromatic heterocycles. The number of carbonyl (C=O) groups excluding carboxylic acids is 1. The van der Waals surface area contributed by atoms with Crippen molar-refractivity contribution in [3.63, 3.8) is 0 Å². The van der Waals surface area contributed by atoms with Crippen LogP contribution in [0.4, 0.5) is 5.69 Å². The molecule has 1 rings (SSSR count). The Kier molecular flexibility index (Phi) is 4.57. The van der Waals surface area contributed by atoms with Crippen LogP contribution in [0.15, 0.2) is 18.2 Å². The minimum Gasteiger partial charge on any atom is -0.378 e. The summed E-state index contributed by atoms with van der Waals surface area (Å²) in [5.74, 6) is 0.251. The van der Waals surface area contributed by atoms with E-state index in [4.69, 9.17) is 0 Å². The van der Waals surface area contributed by atoms with Gasteiger partial charge < -0.3 is 9.69 Å². The number of benzene rings is 1. The quantitative estimate of drug-likeness (QED) is 0.796. The molecule has 0 N–H and O–H groups in total. The van der Waals surface area contributed by atoms with Crippen molar-refractivity contribution in [3.8, 4) is 0 Å². The molecule has 0 amide bonds. The lowest BCUT2D eigenvalue weighted by Crippen LogP contribution is -2.09. The molecular formula is C12H16INO. The largest absolute Gasteiger partial charge is 0.378 e. The van der Waals surface area contributed by atoms with E-state index in [-0.39, 0.29) is 5.78 Å². The number of Topliss-reactive ketones (excluding diaryl/α,β-unsaturated/α-hetero) is 1. The minimum absolute atomic E-state index is 0.251. The minimum atomic E-state index is 0.251. The van der Waals surface area contributed by atoms with Gasteiger partial charge in [-0.15, -0.1) is 0 Å². The maximum absolute atomic E-state index is 10.9. The molecule has 0 fully saturated rings. The van der Waals surface area contributed by atoms with Crippen molar-refractivity contribution in [2.75, 3.05) is 19.0 Å². The smallest absolute Gasteiger partial charge is 0.130 e. The fourth-order valence-electron chi connectivity index (χ4n) is 1.34. The highest BCUT2D eigenvalue weighted by Gasteiger charge is 2.04. The molecule has 0 radical (unpaired) electrons. The second kappa shape index (κ2) is 5.49. The van der Waals surface area contributed by atoms with Gasteiger partial charge in [0.1, 0.15) is 5.78 Å². The monoisotopic (exact) mass is 317 g/mol. The number of carbonyl (C=O) groups is 1. The number of ketones is 1. The fourth-order valence-corrected chi connectivity index (χ4v) is 1.95. The van der Waals surface area contributed by atoms with Crippen molar-refractivity contribution in [2.24, 2.45) is 0 Å². The van der Waals surface area contributed by atoms with Gasteiger partial charge in [0.05, 0.1) is 0 Å². The molecule has 1 aromatic rings. The molecule has 3 heteroatoms. The normalized spacial score (nSPS) is 10.1. The van der Waals surface area contributed by atoms with Gasteiger partial charge in [0.25, 0.3) is 0 Å². The number of rotatable bonds is 4. The van der Waals surface area contributed by atoms with Crippen molar-refractivity contribution in [1.82, 2.24) is 0 Å². The zero-order chi connectivity index (χ0) is 11.4. The zero-order valence-electron chi connectivity index (χ0n) is 9.38. The lowest BCUT2D eigenvalue weighted by Gasteiger charge is -2.14. The van der Waals surface area contributed by atoms with Gasteiger partial charge >= 0.3 is 0 Å². The van der Waals surface area contributed by atoms with E-state index in [1.54, 1.807) is 6.92 Å². The lowest BCUT2D eigenvalue weighted by atomic mass is 10.1. The number of halogens is 1. The molecule has 0 aliphatic rings. The molecule has 0 unspecified atom stereocenters. The summed E-state index contributed by atoms with van der Waals surface area (Å²) >= 11 is 2.32. The van der Waals surface area contributed by atoms with Crippen LogP contribution in [-0.4, -0.2) is 19.9 Å². The summed E-state index contributed by atoms with van der Waals surface area (Å²) in [5.41, 5.74) is 2.45. The van der Waals surface area contributed by atoms with Crippen LogP contribution >= 0.6 is 22.6 Å². The SMILES string of the molecule is CC(=O)CCc1cc(N(C)C)ccc1I. The van der Waals surface area contributed by atoms with E-state index >= 15 is 0 Å². The van der Waals surface area contributed by atoms with Crippen molar-refractivity contribution < 1.29 is 4.79 Å². The average molecular weight is 317 g/mol. The lowest BCUT2D eigenvalue weighted by molar-refractivity contribution is -0.116. The molecule has 0 aliphatic carbocycles. The van der Waals surface area contributed by atoms with E-state index in [0.717, 1.165) is 6.42 Å². The predicted octanol–water partition coefficient (Wildman–Crippen LogP) is 2.88. The van der Waals surface area contributed by atoms with Crippen molar-refractivity contribution in [3.05, 3.63) is 27.3 Å². The van der Waals surface area contributed by atoms with Gasteiger partial charge in [-0.05, 0) is 59.7 Å². The Bertz CT molecular complexity index is 361. The summed E-state index contributed by atoms with van der Waals surface area (Å²) in [6.07, 6.45) is 1.47. The van der Waals surface area contributed by atoms with Gasteiger partial charge in [0, 0.05) is 29.8 Å². The molecule has 0 saturated carbocycles. The van der Waals surface area contributed by atoms with Gasteiger partial charge in [0.15, 0.2) is 0 Å². The Morgan fingerprint density at radius 3 is 2.60 bits per heavy atom. The van der Waals surface area contributed by atoms with Crippen LogP contribution in [0.5, 0.6) is 0 Å². The molecular weight excluding hydrogens is 301 g/mol. The molecule has 0 atom stereocenters. The molecule has 0 saturated heterocycles. The first-order chi connectivity index (χ1) is 7.00. The molecule has 1 aromatic carbocycles. The molecule has 82 valence electrons. The summed E-state index contributed by atoms with van der Waals surface area (Å²) in [6.45, 7) is 1.64. The van der Waals surface area contributed by atoms with E-state index in [0.29, 0.717) is 6.42 Å². The Balaban J connectivity index is 2.85. The van der Waals surface area contributed by atoms with Gasteiger partial charge in [-0.25, -0.2) is 0 Å². The van der Waals surface area contributed by atoms with E-state index in [9.17, 15) is 4.79 Å². The van der Waals surface area contributed by atoms with E-state index in [1.807, 2.05) is 14.1 Å². The Hall–Kier alpha value is -0.580. The Morgan fingerprint density at radius 1 is 1.40 bits per heavy atom. The third-order valence-corrected chi connectivity index (χ3v) is 3.34. The zero-order valence-corrected chi connectivity index (χ0v) is 11.5. The number of hydrogen-bond donors (Lipinski definition) is 0. The van der Waals surface area contributed by atoms with Gasteiger partial charge in [0.2, 0.25) is 0 Å². The van der Waals surface area contributed by atoms with E-state index < -0.39 is 0 Å². The number of hydrogen-bond acceptors (Lipinski definition) is 2. The molecule has 0 spiro atoms. The highest BCUT2D eigenvalue weighted by molar-refractivity contribution is 14.1. The average Bonchev–Trinajstić information content (AvgIpc) is 2.16. The van der Waals surface area contributed by atoms with Crippen LogP contribution in [0, 0.1) is 3.57 Å². The van der Waals surface area contributed by atoms with Crippen molar-refractivity contribution in [1.29, 1.82) is 0 Å². The van der Waals surface area contributed by atoms with Crippen LogP contribution in [0.3, 0.4) is 0 Å². The van der Waals surface area contributed by atoms with E-state index in [1.165, 1.54) is 14.8 Å². The number of aryl methyl sites for hydroxylation is 1. The molecule has 0 heterocycles. The van der Waals surface area contributed by atoms with E-state index in [2.05, 4.69) is 45.7 Å². The first kappa shape index (κ1) is 12.5. The summed E-state index contributed by atoms with van der Waals surface area (Å²) in [7, 11) is 4.05. The Labute approximate surface area is 105 Å². The van der Waals surface area contributed by atoms with Crippen LogP contribution in [0.25, 0.3) is 0 Å². The van der Waals surface area contributed by atoms with Crippen LogP contribution in [0.2, 0.25) is 0 Å². The highest BCUT2D eigenvalue weighted by atomic mass is 127. The third kappa shape index (κ3) is 3.81.